The van der Waals surface area contributed by atoms with E-state index in [1.165, 1.54) is 6.07 Å². The van der Waals surface area contributed by atoms with Gasteiger partial charge in [0.2, 0.25) is 6.79 Å². The van der Waals surface area contributed by atoms with Crippen LogP contribution in [-0.4, -0.2) is 30.3 Å². The second-order valence-corrected chi connectivity index (χ2v) is 6.03. The molecule has 136 valence electrons. The summed E-state index contributed by atoms with van der Waals surface area (Å²) in [5, 5.41) is 4.14. The van der Waals surface area contributed by atoms with Crippen LogP contribution in [0.4, 0.5) is 0 Å². The average Bonchev–Trinajstić information content (AvgIpc) is 3.35. The van der Waals surface area contributed by atoms with Crippen LogP contribution in [0.1, 0.15) is 20.8 Å². The van der Waals surface area contributed by atoms with Gasteiger partial charge >= 0.3 is 5.97 Å². The molecule has 0 atom stereocenters. The van der Waals surface area contributed by atoms with Gasteiger partial charge in [0.1, 0.15) is 0 Å². The number of halogens is 1. The molecule has 0 saturated heterocycles. The van der Waals surface area contributed by atoms with Gasteiger partial charge in [-0.05, 0) is 30.3 Å². The SMILES string of the molecule is O=C(COC(=O)c1cc(-c2ccccc2Cl)on1)c1ccc2c(c1)OCO2. The summed E-state index contributed by atoms with van der Waals surface area (Å²) < 4.78 is 20.6. The van der Waals surface area contributed by atoms with E-state index in [0.29, 0.717) is 33.4 Å². The van der Waals surface area contributed by atoms with E-state index in [2.05, 4.69) is 5.16 Å². The van der Waals surface area contributed by atoms with Crippen LogP contribution in [0.25, 0.3) is 11.3 Å². The first-order valence-corrected chi connectivity index (χ1v) is 8.31. The number of rotatable bonds is 5. The van der Waals surface area contributed by atoms with E-state index in [1.807, 2.05) is 0 Å². The number of Topliss-reactive ketones (excluding diaryl/α,β-unsaturated/α-hetero) is 1. The van der Waals surface area contributed by atoms with Crippen LogP contribution in [0.15, 0.2) is 53.1 Å². The monoisotopic (exact) mass is 385 g/mol. The highest BCUT2D eigenvalue weighted by atomic mass is 35.5. The summed E-state index contributed by atoms with van der Waals surface area (Å²) in [6.45, 7) is -0.325. The quantitative estimate of drug-likeness (QED) is 0.488. The molecule has 27 heavy (non-hydrogen) atoms. The zero-order valence-corrected chi connectivity index (χ0v) is 14.6. The number of benzene rings is 2. The summed E-state index contributed by atoms with van der Waals surface area (Å²) >= 11 is 6.09. The number of ether oxygens (including phenoxy) is 3. The van der Waals surface area contributed by atoms with Gasteiger partial charge in [0, 0.05) is 17.2 Å². The van der Waals surface area contributed by atoms with Crippen molar-refractivity contribution < 1.29 is 28.3 Å². The first-order valence-electron chi connectivity index (χ1n) is 7.93. The lowest BCUT2D eigenvalue weighted by atomic mass is 10.1. The molecule has 0 unspecified atom stereocenters. The fraction of sp³-hybridized carbons (Fsp3) is 0.105. The number of nitrogens with zero attached hydrogens (tertiary/aromatic N) is 1. The van der Waals surface area contributed by atoms with E-state index >= 15 is 0 Å². The van der Waals surface area contributed by atoms with E-state index in [4.69, 9.17) is 30.3 Å². The third kappa shape index (κ3) is 3.50. The summed E-state index contributed by atoms with van der Waals surface area (Å²) in [6, 6.07) is 13.2. The van der Waals surface area contributed by atoms with Gasteiger partial charge in [-0.25, -0.2) is 4.79 Å². The summed E-state index contributed by atoms with van der Waals surface area (Å²) in [5.74, 6) is 0.226. The van der Waals surface area contributed by atoms with Crippen LogP contribution in [0, 0.1) is 0 Å². The van der Waals surface area contributed by atoms with Crippen LogP contribution in [0.2, 0.25) is 5.02 Å². The molecule has 0 fully saturated rings. The molecular formula is C19H12ClNO6. The molecule has 1 aliphatic rings. The summed E-state index contributed by atoms with van der Waals surface area (Å²) in [5.41, 5.74) is 0.898. The van der Waals surface area contributed by atoms with Crippen molar-refractivity contribution in [1.82, 2.24) is 5.16 Å². The first kappa shape index (κ1) is 17.1. The number of carbonyl (C=O) groups excluding carboxylic acids is 2. The zero-order valence-electron chi connectivity index (χ0n) is 13.8. The third-order valence-corrected chi connectivity index (χ3v) is 4.22. The van der Waals surface area contributed by atoms with Gasteiger partial charge in [-0.15, -0.1) is 0 Å². The fourth-order valence-corrected chi connectivity index (χ4v) is 2.75. The van der Waals surface area contributed by atoms with Crippen LogP contribution in [0.5, 0.6) is 11.5 Å². The molecule has 3 aromatic rings. The maximum atomic E-state index is 12.2. The predicted molar refractivity (Wildman–Crippen MR) is 94.1 cm³/mol. The lowest BCUT2D eigenvalue weighted by Gasteiger charge is -2.03. The molecule has 2 heterocycles. The van der Waals surface area contributed by atoms with E-state index in [1.54, 1.807) is 42.5 Å². The second kappa shape index (κ2) is 7.13. The Morgan fingerprint density at radius 3 is 2.74 bits per heavy atom. The Hall–Kier alpha value is -3.32. The number of hydrogen-bond donors (Lipinski definition) is 0. The molecule has 7 nitrogen and oxygen atoms in total. The number of ketones is 1. The van der Waals surface area contributed by atoms with Crippen LogP contribution >= 0.6 is 11.6 Å². The Bertz CT molecular complexity index is 1030. The maximum Gasteiger partial charge on any atom is 0.361 e. The molecule has 1 aromatic heterocycles. The van der Waals surface area contributed by atoms with Crippen molar-refractivity contribution in [3.63, 3.8) is 0 Å². The van der Waals surface area contributed by atoms with E-state index in [-0.39, 0.29) is 18.3 Å². The lowest BCUT2D eigenvalue weighted by Crippen LogP contribution is -2.14. The van der Waals surface area contributed by atoms with Gasteiger partial charge in [0.15, 0.2) is 35.3 Å². The minimum atomic E-state index is -0.772. The summed E-state index contributed by atoms with van der Waals surface area (Å²) in [6.07, 6.45) is 0. The Kier molecular flexibility index (Phi) is 4.52. The Morgan fingerprint density at radius 2 is 1.89 bits per heavy atom. The number of carbonyl (C=O) groups is 2. The number of esters is 1. The Balaban J connectivity index is 1.41. The largest absolute Gasteiger partial charge is 0.454 e. The van der Waals surface area contributed by atoms with Crippen LogP contribution in [0.3, 0.4) is 0 Å². The van der Waals surface area contributed by atoms with Gasteiger partial charge in [-0.2, -0.15) is 0 Å². The van der Waals surface area contributed by atoms with Crippen LogP contribution < -0.4 is 9.47 Å². The highest BCUT2D eigenvalue weighted by Gasteiger charge is 2.20. The van der Waals surface area contributed by atoms with Crippen molar-refractivity contribution in [3.05, 3.63) is 64.8 Å². The Labute approximate surface area is 158 Å². The molecule has 4 rings (SSSR count). The average molecular weight is 386 g/mol. The van der Waals surface area contributed by atoms with Crippen molar-refractivity contribution >= 4 is 23.4 Å². The van der Waals surface area contributed by atoms with Crippen molar-refractivity contribution in [2.45, 2.75) is 0 Å². The zero-order chi connectivity index (χ0) is 18.8. The van der Waals surface area contributed by atoms with E-state index in [0.717, 1.165) is 0 Å². The third-order valence-electron chi connectivity index (χ3n) is 3.89. The topological polar surface area (TPSA) is 87.9 Å². The maximum absolute atomic E-state index is 12.2. The second-order valence-electron chi connectivity index (χ2n) is 5.62. The Morgan fingerprint density at radius 1 is 1.07 bits per heavy atom. The van der Waals surface area contributed by atoms with Crippen molar-refractivity contribution in [1.29, 1.82) is 0 Å². The van der Waals surface area contributed by atoms with Crippen LogP contribution in [-0.2, 0) is 4.74 Å². The molecule has 2 aromatic carbocycles. The fourth-order valence-electron chi connectivity index (χ4n) is 2.52. The van der Waals surface area contributed by atoms with Gasteiger partial charge in [0.25, 0.3) is 0 Å². The van der Waals surface area contributed by atoms with Gasteiger partial charge in [-0.1, -0.05) is 28.9 Å². The molecule has 1 aliphatic heterocycles. The highest BCUT2D eigenvalue weighted by molar-refractivity contribution is 6.33. The molecular weight excluding hydrogens is 374 g/mol. The molecule has 0 saturated carbocycles. The van der Waals surface area contributed by atoms with Gasteiger partial charge < -0.3 is 18.7 Å². The van der Waals surface area contributed by atoms with Gasteiger partial charge in [-0.3, -0.25) is 4.79 Å². The van der Waals surface area contributed by atoms with E-state index in [9.17, 15) is 9.59 Å². The normalized spacial score (nSPS) is 12.0. The summed E-state index contributed by atoms with van der Waals surface area (Å²) in [4.78, 5) is 24.3. The minimum Gasteiger partial charge on any atom is -0.454 e. The van der Waals surface area contributed by atoms with Crippen molar-refractivity contribution in [3.8, 4) is 22.8 Å². The lowest BCUT2D eigenvalue weighted by molar-refractivity contribution is 0.0464. The van der Waals surface area contributed by atoms with Crippen molar-refractivity contribution in [2.24, 2.45) is 0 Å². The van der Waals surface area contributed by atoms with E-state index < -0.39 is 12.6 Å². The molecule has 0 spiro atoms. The first-order chi connectivity index (χ1) is 13.1. The molecule has 0 amide bonds. The summed E-state index contributed by atoms with van der Waals surface area (Å²) in [7, 11) is 0. The number of fused-ring (bicyclic) bond motifs is 1. The van der Waals surface area contributed by atoms with Gasteiger partial charge in [0.05, 0.1) is 5.02 Å². The molecule has 0 radical (unpaired) electrons. The minimum absolute atomic E-state index is 0.0524. The smallest absolute Gasteiger partial charge is 0.361 e. The molecule has 0 N–H and O–H groups in total. The van der Waals surface area contributed by atoms with Crippen molar-refractivity contribution in [2.75, 3.05) is 13.4 Å². The molecule has 0 aliphatic carbocycles. The predicted octanol–water partition coefficient (Wildman–Crippen LogP) is 3.76. The number of hydrogen-bond acceptors (Lipinski definition) is 7. The standard InChI is InChI=1S/C19H12ClNO6/c20-13-4-2-1-3-12(13)17-8-14(21-27-17)19(23)24-9-15(22)11-5-6-16-18(7-11)26-10-25-16/h1-8H,9-10H2. The number of aromatic nitrogens is 1. The molecule has 0 bridgehead atoms. The molecule has 8 heteroatoms. The highest BCUT2D eigenvalue weighted by Crippen LogP contribution is 2.32.